The molecule has 9 heteroatoms. The number of benzene rings is 2. The molecule has 1 aliphatic heterocycles. The summed E-state index contributed by atoms with van der Waals surface area (Å²) in [6, 6.07) is 15.5. The summed E-state index contributed by atoms with van der Waals surface area (Å²) in [4.78, 5) is 28.8. The molecule has 2 aromatic carbocycles. The molecule has 1 amide bonds. The minimum Gasteiger partial charge on any atom is -0.400 e. The molecule has 1 fully saturated rings. The largest absolute Gasteiger partial charge is 0.400 e. The second kappa shape index (κ2) is 7.10. The zero-order valence-electron chi connectivity index (χ0n) is 15.1. The number of carbonyl (C=O) groups excluding carboxylic acids is 2. The Morgan fingerprint density at radius 3 is 2.79 bits per heavy atom. The molecule has 2 N–H and O–H groups in total. The number of fused-ring (bicyclic) bond motifs is 1. The van der Waals surface area contributed by atoms with E-state index in [9.17, 15) is 9.59 Å². The number of hydrogen-bond donors (Lipinski definition) is 2. The average Bonchev–Trinajstić information content (AvgIpc) is 3.48. The summed E-state index contributed by atoms with van der Waals surface area (Å²) in [6.45, 7) is 0.590. The standard InChI is InChI=1S/C20H15N5O3S/c26-16(18-24-25-20(28-18)23-14-8-9-21-17(14)27)19-22-13-7-6-12(10-15(13)29-19)11-4-2-1-3-5-11/h1-7,10,14H,8-9H2,(H,21,27)(H,23,25)/t14-/m0/s1. The van der Waals surface area contributed by atoms with Crippen molar-refractivity contribution in [3.63, 3.8) is 0 Å². The molecule has 1 saturated heterocycles. The van der Waals surface area contributed by atoms with E-state index in [1.54, 1.807) is 0 Å². The van der Waals surface area contributed by atoms with Crippen LogP contribution in [0.5, 0.6) is 0 Å². The van der Waals surface area contributed by atoms with Crippen LogP contribution in [0.4, 0.5) is 6.01 Å². The van der Waals surface area contributed by atoms with Crippen molar-refractivity contribution in [2.24, 2.45) is 0 Å². The zero-order valence-corrected chi connectivity index (χ0v) is 15.9. The van der Waals surface area contributed by atoms with E-state index in [-0.39, 0.29) is 22.8 Å². The van der Waals surface area contributed by atoms with Crippen LogP contribution < -0.4 is 10.6 Å². The SMILES string of the molecule is O=C(c1nnc(N[C@H]2CCNC2=O)o1)c1nc2ccc(-c3ccccc3)cc2s1. The maximum absolute atomic E-state index is 12.7. The smallest absolute Gasteiger partial charge is 0.316 e. The first-order valence-corrected chi connectivity index (χ1v) is 9.87. The van der Waals surface area contributed by atoms with Crippen LogP contribution in [-0.2, 0) is 4.79 Å². The highest BCUT2D eigenvalue weighted by molar-refractivity contribution is 7.20. The highest BCUT2D eigenvalue weighted by atomic mass is 32.1. The van der Waals surface area contributed by atoms with Crippen molar-refractivity contribution < 1.29 is 14.0 Å². The molecule has 0 spiro atoms. The summed E-state index contributed by atoms with van der Waals surface area (Å²) in [7, 11) is 0. The van der Waals surface area contributed by atoms with Crippen molar-refractivity contribution >= 4 is 39.3 Å². The van der Waals surface area contributed by atoms with Crippen LogP contribution in [0.2, 0.25) is 0 Å². The van der Waals surface area contributed by atoms with Gasteiger partial charge in [-0.05, 0) is 29.7 Å². The van der Waals surface area contributed by atoms with E-state index < -0.39 is 11.8 Å². The third-order valence-electron chi connectivity index (χ3n) is 4.66. The van der Waals surface area contributed by atoms with E-state index in [1.165, 1.54) is 11.3 Å². The van der Waals surface area contributed by atoms with Crippen LogP contribution in [0.25, 0.3) is 21.3 Å². The number of aromatic nitrogens is 3. The van der Waals surface area contributed by atoms with Crippen molar-refractivity contribution in [1.29, 1.82) is 0 Å². The van der Waals surface area contributed by atoms with Crippen LogP contribution in [-0.4, -0.2) is 39.5 Å². The van der Waals surface area contributed by atoms with Crippen molar-refractivity contribution in [3.8, 4) is 11.1 Å². The van der Waals surface area contributed by atoms with E-state index in [0.717, 1.165) is 21.3 Å². The Morgan fingerprint density at radius 2 is 2.00 bits per heavy atom. The Morgan fingerprint density at radius 1 is 1.14 bits per heavy atom. The number of carbonyl (C=O) groups is 2. The number of amides is 1. The van der Waals surface area contributed by atoms with Gasteiger partial charge in [-0.25, -0.2) is 4.98 Å². The van der Waals surface area contributed by atoms with Gasteiger partial charge in [0.2, 0.25) is 5.91 Å². The van der Waals surface area contributed by atoms with Crippen LogP contribution >= 0.6 is 11.3 Å². The van der Waals surface area contributed by atoms with Crippen molar-refractivity contribution in [2.75, 3.05) is 11.9 Å². The van der Waals surface area contributed by atoms with E-state index in [1.807, 2.05) is 48.5 Å². The number of nitrogens with one attached hydrogen (secondary N) is 2. The molecular weight excluding hydrogens is 390 g/mol. The van der Waals surface area contributed by atoms with Gasteiger partial charge in [0.25, 0.3) is 11.7 Å². The third-order valence-corrected chi connectivity index (χ3v) is 5.67. The fourth-order valence-corrected chi connectivity index (χ4v) is 4.11. The third kappa shape index (κ3) is 3.36. The van der Waals surface area contributed by atoms with Gasteiger partial charge >= 0.3 is 6.01 Å². The Balaban J connectivity index is 1.39. The van der Waals surface area contributed by atoms with Crippen molar-refractivity contribution in [1.82, 2.24) is 20.5 Å². The van der Waals surface area contributed by atoms with E-state index in [4.69, 9.17) is 4.42 Å². The predicted molar refractivity (Wildman–Crippen MR) is 108 cm³/mol. The molecule has 1 atom stereocenters. The normalized spacial score (nSPS) is 16.1. The predicted octanol–water partition coefficient (Wildman–Crippen LogP) is 2.88. The molecule has 3 heterocycles. The number of ketones is 1. The van der Waals surface area contributed by atoms with Crippen LogP contribution in [0.3, 0.4) is 0 Å². The molecule has 0 radical (unpaired) electrons. The minimum absolute atomic E-state index is 0.0443. The quantitative estimate of drug-likeness (QED) is 0.491. The zero-order chi connectivity index (χ0) is 19.8. The number of rotatable bonds is 5. The highest BCUT2D eigenvalue weighted by Crippen LogP contribution is 2.29. The van der Waals surface area contributed by atoms with Gasteiger partial charge in [0.15, 0.2) is 5.01 Å². The molecule has 8 nitrogen and oxygen atoms in total. The summed E-state index contributed by atoms with van der Waals surface area (Å²) in [6.07, 6.45) is 0.617. The van der Waals surface area contributed by atoms with E-state index in [2.05, 4.69) is 25.8 Å². The molecule has 5 rings (SSSR count). The van der Waals surface area contributed by atoms with Gasteiger partial charge in [0.05, 0.1) is 10.2 Å². The average molecular weight is 405 g/mol. The lowest BCUT2D eigenvalue weighted by Crippen LogP contribution is -2.29. The summed E-state index contributed by atoms with van der Waals surface area (Å²) < 4.78 is 6.30. The first kappa shape index (κ1) is 17.5. The molecule has 0 unspecified atom stereocenters. The second-order valence-electron chi connectivity index (χ2n) is 6.59. The summed E-state index contributed by atoms with van der Waals surface area (Å²) in [5.74, 6) is -0.728. The van der Waals surface area contributed by atoms with Gasteiger partial charge in [-0.1, -0.05) is 41.5 Å². The molecular formula is C20H15N5O3S. The highest BCUT2D eigenvalue weighted by Gasteiger charge is 2.27. The first-order valence-electron chi connectivity index (χ1n) is 9.06. The lowest BCUT2D eigenvalue weighted by molar-refractivity contribution is -0.119. The van der Waals surface area contributed by atoms with Gasteiger partial charge in [-0.15, -0.1) is 16.4 Å². The molecule has 0 bridgehead atoms. The van der Waals surface area contributed by atoms with Gasteiger partial charge in [-0.2, -0.15) is 0 Å². The minimum atomic E-state index is -0.441. The van der Waals surface area contributed by atoms with Crippen LogP contribution in [0.1, 0.15) is 22.1 Å². The van der Waals surface area contributed by atoms with Crippen molar-refractivity contribution in [2.45, 2.75) is 12.5 Å². The molecule has 1 aliphatic rings. The first-order chi connectivity index (χ1) is 14.2. The fourth-order valence-electron chi connectivity index (χ4n) is 3.18. The lowest BCUT2D eigenvalue weighted by atomic mass is 10.1. The maximum Gasteiger partial charge on any atom is 0.316 e. The Kier molecular flexibility index (Phi) is 4.28. The summed E-state index contributed by atoms with van der Waals surface area (Å²) >= 11 is 1.28. The monoisotopic (exact) mass is 405 g/mol. The molecule has 2 aromatic heterocycles. The Hall–Kier alpha value is -3.59. The second-order valence-corrected chi connectivity index (χ2v) is 7.62. The van der Waals surface area contributed by atoms with Gasteiger partial charge in [0.1, 0.15) is 6.04 Å². The number of nitrogens with zero attached hydrogens (tertiary/aromatic N) is 3. The number of hydrogen-bond acceptors (Lipinski definition) is 8. The van der Waals surface area contributed by atoms with E-state index >= 15 is 0 Å². The molecule has 144 valence electrons. The summed E-state index contributed by atoms with van der Waals surface area (Å²) in [5, 5.41) is 13.5. The van der Waals surface area contributed by atoms with Crippen molar-refractivity contribution in [3.05, 3.63) is 59.4 Å². The van der Waals surface area contributed by atoms with Gasteiger partial charge in [0, 0.05) is 6.54 Å². The summed E-state index contributed by atoms with van der Waals surface area (Å²) in [5.41, 5.74) is 2.89. The molecule has 4 aromatic rings. The van der Waals surface area contributed by atoms with Gasteiger partial charge in [-0.3, -0.25) is 9.59 Å². The number of anilines is 1. The maximum atomic E-state index is 12.7. The molecule has 0 saturated carbocycles. The lowest BCUT2D eigenvalue weighted by Gasteiger charge is -2.05. The number of thiazole rings is 1. The molecule has 29 heavy (non-hydrogen) atoms. The fraction of sp³-hybridized carbons (Fsp3) is 0.150. The topological polar surface area (TPSA) is 110 Å². The van der Waals surface area contributed by atoms with Gasteiger partial charge < -0.3 is 15.1 Å². The molecule has 0 aliphatic carbocycles. The van der Waals surface area contributed by atoms with Crippen LogP contribution in [0.15, 0.2) is 52.9 Å². The Labute approximate surface area is 169 Å². The van der Waals surface area contributed by atoms with Crippen LogP contribution in [0, 0.1) is 0 Å². The Bertz CT molecular complexity index is 1220. The van der Waals surface area contributed by atoms with E-state index in [0.29, 0.717) is 13.0 Å².